The van der Waals surface area contributed by atoms with Crippen LogP contribution in [0.15, 0.2) is 16.0 Å². The summed E-state index contributed by atoms with van der Waals surface area (Å²) in [5.74, 6) is 0.736. The number of thiazole rings is 1. The van der Waals surface area contributed by atoms with E-state index >= 15 is 0 Å². The predicted molar refractivity (Wildman–Crippen MR) is 75.6 cm³/mol. The summed E-state index contributed by atoms with van der Waals surface area (Å²) in [4.78, 5) is 7.20. The summed E-state index contributed by atoms with van der Waals surface area (Å²) < 4.78 is 11.3. The summed E-state index contributed by atoms with van der Waals surface area (Å²) in [6, 6.07) is 2.54. The predicted octanol–water partition coefficient (Wildman–Crippen LogP) is 2.64. The molecule has 6 heteroatoms. The van der Waals surface area contributed by atoms with Gasteiger partial charge in [0.15, 0.2) is 5.76 Å². The van der Waals surface area contributed by atoms with Gasteiger partial charge >= 0.3 is 0 Å². The zero-order chi connectivity index (χ0) is 13.5. The van der Waals surface area contributed by atoms with E-state index in [9.17, 15) is 0 Å². The average molecular weight is 291 g/mol. The third kappa shape index (κ3) is 2.17. The highest BCUT2D eigenvalue weighted by atomic mass is 32.1. The molecule has 2 aromatic rings. The van der Waals surface area contributed by atoms with Gasteiger partial charge < -0.3 is 9.26 Å². The normalized spacial score (nSPS) is 26.9. The second-order valence-electron chi connectivity index (χ2n) is 5.52. The van der Waals surface area contributed by atoms with Crippen molar-refractivity contribution in [1.82, 2.24) is 15.0 Å². The topological polar surface area (TPSA) is 51.4 Å². The second-order valence-corrected chi connectivity index (χ2v) is 6.41. The summed E-state index contributed by atoms with van der Waals surface area (Å²) in [7, 11) is 0. The van der Waals surface area contributed by atoms with Crippen LogP contribution >= 0.6 is 11.3 Å². The Morgan fingerprint density at radius 1 is 1.45 bits per heavy atom. The van der Waals surface area contributed by atoms with Gasteiger partial charge in [0.25, 0.3) is 0 Å². The van der Waals surface area contributed by atoms with Crippen LogP contribution in [0.25, 0.3) is 11.5 Å². The Hall–Kier alpha value is -1.24. The van der Waals surface area contributed by atoms with Crippen LogP contribution < -0.4 is 0 Å². The molecule has 20 heavy (non-hydrogen) atoms. The smallest absolute Gasteiger partial charge is 0.186 e. The molecule has 2 atom stereocenters. The van der Waals surface area contributed by atoms with E-state index in [0.29, 0.717) is 6.04 Å². The van der Waals surface area contributed by atoms with Crippen molar-refractivity contribution in [2.45, 2.75) is 31.9 Å². The number of aryl methyl sites for hydroxylation is 1. The van der Waals surface area contributed by atoms with E-state index in [0.717, 1.165) is 35.3 Å². The molecular formula is C14H17N3O2S. The molecule has 0 spiro atoms. The minimum absolute atomic E-state index is 0.104. The number of aromatic nitrogens is 2. The third-order valence-corrected chi connectivity index (χ3v) is 5.00. The zero-order valence-electron chi connectivity index (χ0n) is 11.4. The highest BCUT2D eigenvalue weighted by Gasteiger charge is 2.34. The number of fused-ring (bicyclic) bond motifs is 1. The van der Waals surface area contributed by atoms with E-state index in [1.165, 1.54) is 19.4 Å². The number of nitrogens with zero attached hydrogens (tertiary/aromatic N) is 3. The molecule has 4 rings (SSSR count). The first kappa shape index (κ1) is 12.5. The number of rotatable bonds is 2. The number of hydrogen-bond donors (Lipinski definition) is 0. The van der Waals surface area contributed by atoms with Gasteiger partial charge in [0, 0.05) is 24.0 Å². The Balaban J connectivity index is 1.53. The molecule has 0 aliphatic carbocycles. The lowest BCUT2D eigenvalue weighted by Gasteiger charge is -2.34. The van der Waals surface area contributed by atoms with Crippen molar-refractivity contribution in [2.75, 3.05) is 19.7 Å². The lowest BCUT2D eigenvalue weighted by molar-refractivity contribution is -0.0502. The lowest BCUT2D eigenvalue weighted by Crippen LogP contribution is -2.42. The van der Waals surface area contributed by atoms with Crippen molar-refractivity contribution < 1.29 is 9.26 Å². The summed E-state index contributed by atoms with van der Waals surface area (Å²) in [5.41, 5.74) is 1.74. The Morgan fingerprint density at radius 3 is 3.25 bits per heavy atom. The Bertz CT molecular complexity index is 609. The van der Waals surface area contributed by atoms with Crippen molar-refractivity contribution in [1.29, 1.82) is 0 Å². The first-order valence-electron chi connectivity index (χ1n) is 7.04. The van der Waals surface area contributed by atoms with Gasteiger partial charge in [-0.2, -0.15) is 0 Å². The first-order chi connectivity index (χ1) is 9.79. The maximum atomic E-state index is 5.99. The molecule has 2 aromatic heterocycles. The zero-order valence-corrected chi connectivity index (χ0v) is 12.2. The van der Waals surface area contributed by atoms with Crippen molar-refractivity contribution in [2.24, 2.45) is 0 Å². The van der Waals surface area contributed by atoms with E-state index in [1.54, 1.807) is 11.3 Å². The van der Waals surface area contributed by atoms with E-state index < -0.39 is 0 Å². The fourth-order valence-corrected chi connectivity index (χ4v) is 3.85. The van der Waals surface area contributed by atoms with E-state index in [-0.39, 0.29) is 6.10 Å². The van der Waals surface area contributed by atoms with Crippen molar-refractivity contribution in [3.05, 3.63) is 22.1 Å². The van der Waals surface area contributed by atoms with Crippen LogP contribution in [0.5, 0.6) is 0 Å². The molecule has 5 nitrogen and oxygen atoms in total. The molecule has 0 amide bonds. The number of ether oxygens (including phenoxy) is 1. The molecule has 106 valence electrons. The molecule has 0 saturated carbocycles. The van der Waals surface area contributed by atoms with Crippen LogP contribution in [-0.2, 0) is 4.74 Å². The summed E-state index contributed by atoms with van der Waals surface area (Å²) in [6.45, 7) is 4.91. The van der Waals surface area contributed by atoms with Crippen LogP contribution in [-0.4, -0.2) is 40.8 Å². The first-order valence-corrected chi connectivity index (χ1v) is 7.92. The molecule has 4 heterocycles. The van der Waals surface area contributed by atoms with Crippen LogP contribution in [0.3, 0.4) is 0 Å². The number of morpholine rings is 1. The van der Waals surface area contributed by atoms with Crippen molar-refractivity contribution in [3.8, 4) is 11.5 Å². The molecule has 2 aliphatic rings. The Kier molecular flexibility index (Phi) is 3.09. The largest absolute Gasteiger partial charge is 0.368 e. The Labute approximate surface area is 121 Å². The molecule has 2 fully saturated rings. The van der Waals surface area contributed by atoms with Gasteiger partial charge in [0.2, 0.25) is 0 Å². The summed E-state index contributed by atoms with van der Waals surface area (Å²) in [5, 5.41) is 6.97. The maximum Gasteiger partial charge on any atom is 0.186 e. The minimum Gasteiger partial charge on any atom is -0.368 e. The second kappa shape index (κ2) is 4.95. The minimum atomic E-state index is 0.104. The van der Waals surface area contributed by atoms with Gasteiger partial charge in [-0.25, -0.2) is 4.98 Å². The molecule has 2 unspecified atom stereocenters. The summed E-state index contributed by atoms with van der Waals surface area (Å²) >= 11 is 1.64. The van der Waals surface area contributed by atoms with Gasteiger partial charge in [0.05, 0.1) is 12.3 Å². The Morgan fingerprint density at radius 2 is 2.40 bits per heavy atom. The average Bonchev–Trinajstić information content (AvgIpc) is 3.17. The molecule has 2 saturated heterocycles. The maximum absolute atomic E-state index is 5.99. The summed E-state index contributed by atoms with van der Waals surface area (Å²) in [6.07, 6.45) is 2.67. The molecule has 0 N–H and O–H groups in total. The van der Waals surface area contributed by atoms with E-state index in [2.05, 4.69) is 15.0 Å². The number of hydrogen-bond acceptors (Lipinski definition) is 6. The monoisotopic (exact) mass is 291 g/mol. The van der Waals surface area contributed by atoms with Crippen LogP contribution in [0.1, 0.15) is 29.6 Å². The molecule has 0 bridgehead atoms. The lowest BCUT2D eigenvalue weighted by atomic mass is 10.2. The molecule has 0 radical (unpaired) electrons. The fourth-order valence-electron chi connectivity index (χ4n) is 3.00. The van der Waals surface area contributed by atoms with Gasteiger partial charge in [-0.1, -0.05) is 5.16 Å². The van der Waals surface area contributed by atoms with Crippen molar-refractivity contribution >= 4 is 11.3 Å². The quantitative estimate of drug-likeness (QED) is 0.851. The van der Waals surface area contributed by atoms with Crippen molar-refractivity contribution in [3.63, 3.8) is 0 Å². The van der Waals surface area contributed by atoms with Gasteiger partial charge in [-0.15, -0.1) is 11.3 Å². The highest BCUT2D eigenvalue weighted by molar-refractivity contribution is 7.10. The third-order valence-electron chi connectivity index (χ3n) is 4.07. The fraction of sp³-hybridized carbons (Fsp3) is 0.571. The standard InChI is InChI=1S/C14H17N3O2S/c1-9-5-12(19-16-9)11-8-20-14(15-11)13-6-17-4-2-3-10(17)7-18-13/h5,8,10,13H,2-4,6-7H2,1H3. The van der Waals surface area contributed by atoms with Gasteiger partial charge in [-0.05, 0) is 26.3 Å². The van der Waals surface area contributed by atoms with Crippen LogP contribution in [0, 0.1) is 6.92 Å². The van der Waals surface area contributed by atoms with Crippen LogP contribution in [0.4, 0.5) is 0 Å². The van der Waals surface area contributed by atoms with Gasteiger partial charge in [-0.3, -0.25) is 4.90 Å². The van der Waals surface area contributed by atoms with E-state index in [4.69, 9.17) is 9.26 Å². The van der Waals surface area contributed by atoms with Gasteiger partial charge in [0.1, 0.15) is 16.8 Å². The van der Waals surface area contributed by atoms with E-state index in [1.807, 2.05) is 18.4 Å². The van der Waals surface area contributed by atoms with Crippen LogP contribution in [0.2, 0.25) is 0 Å². The molecular weight excluding hydrogens is 274 g/mol. The highest BCUT2D eigenvalue weighted by Crippen LogP contribution is 2.33. The SMILES string of the molecule is Cc1cc(-c2csc(C3CN4CCCC4CO3)n2)on1. The molecule has 0 aromatic carbocycles. The molecule has 2 aliphatic heterocycles.